The number of rotatable bonds is 33. The van der Waals surface area contributed by atoms with E-state index in [4.69, 9.17) is 0 Å². The van der Waals surface area contributed by atoms with Crippen molar-refractivity contribution in [3.8, 4) is 0 Å². The molecule has 0 aliphatic carbocycles. The van der Waals surface area contributed by atoms with Gasteiger partial charge in [-0.15, -0.1) is 0 Å². The van der Waals surface area contributed by atoms with Crippen LogP contribution >= 0.6 is 0 Å². The van der Waals surface area contributed by atoms with Crippen LogP contribution in [0.25, 0.3) is 0 Å². The van der Waals surface area contributed by atoms with E-state index in [-0.39, 0.29) is 5.91 Å². The van der Waals surface area contributed by atoms with Crippen LogP contribution in [0.15, 0.2) is 12.2 Å². The fraction of sp³-hybridized carbons (Fsp3) is 0.917. The Kier molecular flexibility index (Phi) is 30.4. The van der Waals surface area contributed by atoms with Crippen LogP contribution in [0.1, 0.15) is 194 Å². The zero-order chi connectivity index (χ0) is 31.9. The van der Waals surface area contributed by atoms with E-state index in [0.717, 1.165) is 64.2 Å². The van der Waals surface area contributed by atoms with Crippen molar-refractivity contribution in [1.82, 2.24) is 5.32 Å². The summed E-state index contributed by atoms with van der Waals surface area (Å²) in [6.07, 6.45) is 35.9. The highest BCUT2D eigenvalue weighted by Crippen LogP contribution is 2.16. The third kappa shape index (κ3) is 32.3. The van der Waals surface area contributed by atoms with Crippen LogP contribution in [-0.4, -0.2) is 41.9 Å². The van der Waals surface area contributed by atoms with Crippen molar-refractivity contribution in [3.05, 3.63) is 12.2 Å². The van der Waals surface area contributed by atoms with Crippen molar-refractivity contribution in [1.29, 1.82) is 0 Å². The first-order valence-electron chi connectivity index (χ1n) is 18.4. The van der Waals surface area contributed by atoms with Crippen LogP contribution in [0.3, 0.4) is 0 Å². The Bertz CT molecular complexity index is 740. The van der Waals surface area contributed by atoms with Gasteiger partial charge < -0.3 is 10.4 Å². The van der Waals surface area contributed by atoms with Crippen molar-refractivity contribution in [2.24, 2.45) is 0 Å². The monoisotopic (exact) mass is 630 g/mol. The summed E-state index contributed by atoms with van der Waals surface area (Å²) < 4.78 is 32.4. The number of hydrogen-bond acceptors (Lipinski definition) is 4. The Morgan fingerprint density at radius 3 is 1.49 bits per heavy atom. The van der Waals surface area contributed by atoms with Crippen LogP contribution in [0, 0.1) is 0 Å². The van der Waals surface area contributed by atoms with Gasteiger partial charge in [0.2, 0.25) is 5.91 Å². The maximum atomic E-state index is 12.4. The van der Waals surface area contributed by atoms with Crippen LogP contribution < -0.4 is 5.32 Å². The molecule has 7 heteroatoms. The van der Waals surface area contributed by atoms with Gasteiger partial charge in [-0.2, -0.15) is 8.42 Å². The lowest BCUT2D eigenvalue weighted by atomic mass is 10.0. The summed E-state index contributed by atoms with van der Waals surface area (Å²) >= 11 is 0. The molecule has 0 aliphatic rings. The Balaban J connectivity index is 3.86. The molecule has 0 aromatic rings. The van der Waals surface area contributed by atoms with E-state index in [1.807, 2.05) is 0 Å². The van der Waals surface area contributed by atoms with E-state index in [1.165, 1.54) is 103 Å². The molecule has 0 heterocycles. The Hall–Kier alpha value is -0.920. The maximum absolute atomic E-state index is 12.4. The molecule has 0 bridgehead atoms. The molecule has 6 nitrogen and oxygen atoms in total. The smallest absolute Gasteiger partial charge is 0.266 e. The summed E-state index contributed by atoms with van der Waals surface area (Å²) in [4.78, 5) is 12.4. The third-order valence-corrected chi connectivity index (χ3v) is 9.23. The molecule has 0 aromatic heterocycles. The maximum Gasteiger partial charge on any atom is 0.266 e. The molecule has 0 fully saturated rings. The van der Waals surface area contributed by atoms with Gasteiger partial charge in [0, 0.05) is 6.42 Å². The van der Waals surface area contributed by atoms with Crippen molar-refractivity contribution in [3.63, 3.8) is 0 Å². The summed E-state index contributed by atoms with van der Waals surface area (Å²) in [7, 11) is -4.30. The average Bonchev–Trinajstić information content (AvgIpc) is 2.96. The lowest BCUT2D eigenvalue weighted by molar-refractivity contribution is -0.122. The predicted molar refractivity (Wildman–Crippen MR) is 184 cm³/mol. The first-order valence-corrected chi connectivity index (χ1v) is 20.0. The predicted octanol–water partition coefficient (Wildman–Crippen LogP) is 10.2. The lowest BCUT2D eigenvalue weighted by Crippen LogP contribution is -2.47. The van der Waals surface area contributed by atoms with Crippen LogP contribution in [0.2, 0.25) is 0 Å². The number of unbranched alkanes of at least 4 members (excludes halogenated alkanes) is 23. The van der Waals surface area contributed by atoms with Gasteiger partial charge in [0.25, 0.3) is 10.1 Å². The van der Waals surface area contributed by atoms with E-state index >= 15 is 0 Å². The fourth-order valence-corrected chi connectivity index (χ4v) is 6.45. The minimum atomic E-state index is -4.30. The minimum Gasteiger partial charge on any atom is -0.391 e. The summed E-state index contributed by atoms with van der Waals surface area (Å²) in [5.74, 6) is -0.905. The largest absolute Gasteiger partial charge is 0.391 e. The van der Waals surface area contributed by atoms with Gasteiger partial charge in [0.1, 0.15) is 0 Å². The molecule has 256 valence electrons. The van der Waals surface area contributed by atoms with Gasteiger partial charge in [0.05, 0.1) is 17.9 Å². The second-order valence-electron chi connectivity index (χ2n) is 12.9. The van der Waals surface area contributed by atoms with Gasteiger partial charge in [-0.25, -0.2) is 0 Å². The SMILES string of the molecule is CCC/C=C\CCCCCCCC(=O)NC(CS(=O)(=O)O)C(O)CCCCCCCCCCCCCCCCCCCC. The van der Waals surface area contributed by atoms with Crippen molar-refractivity contribution < 1.29 is 22.9 Å². The summed E-state index contributed by atoms with van der Waals surface area (Å²) in [5.41, 5.74) is 0. The summed E-state index contributed by atoms with van der Waals surface area (Å²) in [5, 5.41) is 13.3. The van der Waals surface area contributed by atoms with E-state index in [1.54, 1.807) is 0 Å². The first kappa shape index (κ1) is 42.1. The molecule has 2 unspecified atom stereocenters. The van der Waals surface area contributed by atoms with Gasteiger partial charge in [-0.3, -0.25) is 9.35 Å². The van der Waals surface area contributed by atoms with Crippen LogP contribution in [-0.2, 0) is 14.9 Å². The topological polar surface area (TPSA) is 104 Å². The van der Waals surface area contributed by atoms with Crippen molar-refractivity contribution >= 4 is 16.0 Å². The molecule has 3 N–H and O–H groups in total. The molecular formula is C36H71NO5S. The Labute approximate surface area is 267 Å². The van der Waals surface area contributed by atoms with Crippen LogP contribution in [0.5, 0.6) is 0 Å². The molecule has 0 aromatic carbocycles. The molecule has 0 saturated carbocycles. The third-order valence-electron chi connectivity index (χ3n) is 8.45. The average molecular weight is 630 g/mol. The highest BCUT2D eigenvalue weighted by Gasteiger charge is 2.26. The summed E-state index contributed by atoms with van der Waals surface area (Å²) in [6.45, 7) is 4.45. The molecule has 2 atom stereocenters. The lowest BCUT2D eigenvalue weighted by Gasteiger charge is -2.23. The molecular weight excluding hydrogens is 558 g/mol. The second kappa shape index (κ2) is 31.1. The molecule has 43 heavy (non-hydrogen) atoms. The Morgan fingerprint density at radius 2 is 1.02 bits per heavy atom. The standard InChI is InChI=1S/C36H71NO5S/c1-3-5-7-9-11-13-15-16-17-18-19-20-21-22-23-25-27-29-31-35(38)34(33-43(40,41)42)37-36(39)32-30-28-26-24-14-12-10-8-6-4-2/h8,10,34-35,38H,3-7,9,11-33H2,1-2H3,(H,37,39)(H,40,41,42)/b10-8-. The van der Waals surface area contributed by atoms with Crippen LogP contribution in [0.4, 0.5) is 0 Å². The van der Waals surface area contributed by atoms with Crippen molar-refractivity contribution in [2.75, 3.05) is 5.75 Å². The van der Waals surface area contributed by atoms with E-state index < -0.39 is 28.0 Å². The van der Waals surface area contributed by atoms with Crippen molar-refractivity contribution in [2.45, 2.75) is 206 Å². The molecule has 0 saturated heterocycles. The van der Waals surface area contributed by atoms with E-state index in [2.05, 4.69) is 31.3 Å². The number of carbonyl (C=O) groups is 1. The number of nitrogens with one attached hydrogen (secondary N) is 1. The number of amides is 1. The number of aliphatic hydroxyl groups excluding tert-OH is 1. The Morgan fingerprint density at radius 1 is 0.605 bits per heavy atom. The number of carbonyl (C=O) groups excluding carboxylic acids is 1. The molecule has 0 spiro atoms. The molecule has 1 amide bonds. The number of allylic oxidation sites excluding steroid dienone is 2. The zero-order valence-corrected chi connectivity index (χ0v) is 29.2. The van der Waals surface area contributed by atoms with Gasteiger partial charge in [0.15, 0.2) is 0 Å². The minimum absolute atomic E-state index is 0.256. The van der Waals surface area contributed by atoms with Gasteiger partial charge >= 0.3 is 0 Å². The summed E-state index contributed by atoms with van der Waals surface area (Å²) in [6, 6.07) is -0.969. The second-order valence-corrected chi connectivity index (χ2v) is 14.4. The number of aliphatic hydroxyl groups is 1. The highest BCUT2D eigenvalue weighted by atomic mass is 32.2. The fourth-order valence-electron chi connectivity index (χ4n) is 5.69. The highest BCUT2D eigenvalue weighted by molar-refractivity contribution is 7.85. The van der Waals surface area contributed by atoms with E-state index in [0.29, 0.717) is 12.8 Å². The molecule has 0 radical (unpaired) electrons. The quantitative estimate of drug-likeness (QED) is 0.0381. The van der Waals surface area contributed by atoms with Gasteiger partial charge in [-0.05, 0) is 32.1 Å². The van der Waals surface area contributed by atoms with Gasteiger partial charge in [-0.1, -0.05) is 167 Å². The van der Waals surface area contributed by atoms with E-state index in [9.17, 15) is 22.9 Å². The molecule has 0 rings (SSSR count). The normalized spacial score (nSPS) is 13.5. The number of hydrogen-bond donors (Lipinski definition) is 3. The zero-order valence-electron chi connectivity index (χ0n) is 28.3. The molecule has 0 aliphatic heterocycles. The first-order chi connectivity index (χ1) is 20.8.